The molecule has 2 aromatic heterocycles. The van der Waals surface area contributed by atoms with Crippen molar-refractivity contribution in [2.24, 2.45) is 11.1 Å². The van der Waals surface area contributed by atoms with Crippen molar-refractivity contribution in [2.45, 2.75) is 26.8 Å². The molecular weight excluding hydrogens is 296 g/mol. The normalized spacial score (nSPS) is 13.6. The SMILES string of the molecule is CC(C)(C)[C@H](N)c1nc(-c2cncc(Br)c2)no1. The lowest BCUT2D eigenvalue weighted by atomic mass is 9.87. The monoisotopic (exact) mass is 310 g/mol. The smallest absolute Gasteiger partial charge is 0.244 e. The molecule has 0 spiro atoms. The third-order valence-corrected chi connectivity index (χ3v) is 3.04. The number of nitrogens with zero attached hydrogens (tertiary/aromatic N) is 3. The van der Waals surface area contributed by atoms with Crippen LogP contribution in [-0.4, -0.2) is 15.1 Å². The number of pyridine rings is 1. The van der Waals surface area contributed by atoms with E-state index in [9.17, 15) is 0 Å². The molecular formula is C12H15BrN4O. The molecule has 6 heteroatoms. The lowest BCUT2D eigenvalue weighted by Crippen LogP contribution is -2.26. The van der Waals surface area contributed by atoms with Gasteiger partial charge in [-0.2, -0.15) is 4.98 Å². The average molecular weight is 311 g/mol. The van der Waals surface area contributed by atoms with Crippen LogP contribution in [0.1, 0.15) is 32.7 Å². The standard InChI is InChI=1S/C12H15BrN4O/c1-12(2,3)9(14)11-16-10(17-18-11)7-4-8(13)6-15-5-7/h4-6,9H,14H2,1-3H3/t9-/m1/s1. The van der Waals surface area contributed by atoms with Crippen molar-refractivity contribution in [3.05, 3.63) is 28.8 Å². The molecule has 0 aromatic carbocycles. The Labute approximate surface area is 114 Å². The number of nitrogens with two attached hydrogens (primary N) is 1. The molecule has 0 saturated carbocycles. The molecule has 0 amide bonds. The molecule has 96 valence electrons. The van der Waals surface area contributed by atoms with Crippen LogP contribution < -0.4 is 5.73 Å². The molecule has 0 saturated heterocycles. The Morgan fingerprint density at radius 2 is 2.06 bits per heavy atom. The molecule has 2 N–H and O–H groups in total. The second-order valence-electron chi connectivity index (χ2n) is 5.19. The van der Waals surface area contributed by atoms with Gasteiger partial charge in [0.15, 0.2) is 0 Å². The van der Waals surface area contributed by atoms with E-state index in [1.54, 1.807) is 12.4 Å². The molecule has 0 aliphatic carbocycles. The molecule has 0 aliphatic heterocycles. The van der Waals surface area contributed by atoms with Crippen LogP contribution in [0.2, 0.25) is 0 Å². The summed E-state index contributed by atoms with van der Waals surface area (Å²) in [5.74, 6) is 0.941. The van der Waals surface area contributed by atoms with E-state index in [0.29, 0.717) is 11.7 Å². The molecule has 18 heavy (non-hydrogen) atoms. The molecule has 2 rings (SSSR count). The molecule has 0 radical (unpaired) electrons. The minimum absolute atomic E-state index is 0.126. The van der Waals surface area contributed by atoms with Crippen molar-refractivity contribution in [3.8, 4) is 11.4 Å². The van der Waals surface area contributed by atoms with Crippen LogP contribution in [0.3, 0.4) is 0 Å². The van der Waals surface area contributed by atoms with Crippen molar-refractivity contribution < 1.29 is 4.52 Å². The second-order valence-corrected chi connectivity index (χ2v) is 6.11. The fraction of sp³-hybridized carbons (Fsp3) is 0.417. The van der Waals surface area contributed by atoms with Crippen molar-refractivity contribution in [3.63, 3.8) is 0 Å². The minimum Gasteiger partial charge on any atom is -0.337 e. The second kappa shape index (κ2) is 4.78. The first-order valence-corrected chi connectivity index (χ1v) is 6.37. The van der Waals surface area contributed by atoms with Crippen molar-refractivity contribution in [1.29, 1.82) is 0 Å². The highest BCUT2D eigenvalue weighted by atomic mass is 79.9. The third-order valence-electron chi connectivity index (χ3n) is 2.60. The van der Waals surface area contributed by atoms with Gasteiger partial charge in [-0.25, -0.2) is 0 Å². The first-order valence-electron chi connectivity index (χ1n) is 5.58. The quantitative estimate of drug-likeness (QED) is 0.922. The summed E-state index contributed by atoms with van der Waals surface area (Å²) in [6.45, 7) is 6.09. The maximum absolute atomic E-state index is 6.07. The van der Waals surface area contributed by atoms with E-state index < -0.39 is 0 Å². The van der Waals surface area contributed by atoms with E-state index in [-0.39, 0.29) is 11.5 Å². The summed E-state index contributed by atoms with van der Waals surface area (Å²) in [4.78, 5) is 8.39. The Kier molecular flexibility index (Phi) is 3.49. The zero-order chi connectivity index (χ0) is 13.3. The topological polar surface area (TPSA) is 77.8 Å². The van der Waals surface area contributed by atoms with Crippen LogP contribution in [0.5, 0.6) is 0 Å². The molecule has 0 aliphatic rings. The molecule has 0 bridgehead atoms. The summed E-state index contributed by atoms with van der Waals surface area (Å²) in [5, 5.41) is 3.94. The summed E-state index contributed by atoms with van der Waals surface area (Å²) in [6.07, 6.45) is 3.38. The van der Waals surface area contributed by atoms with E-state index in [1.165, 1.54) is 0 Å². The van der Waals surface area contributed by atoms with Gasteiger partial charge in [0.1, 0.15) is 0 Å². The number of aromatic nitrogens is 3. The minimum atomic E-state index is -0.293. The van der Waals surface area contributed by atoms with Crippen molar-refractivity contribution >= 4 is 15.9 Å². The molecule has 2 aromatic rings. The summed E-state index contributed by atoms with van der Waals surface area (Å²) < 4.78 is 6.09. The molecule has 2 heterocycles. The van der Waals surface area contributed by atoms with Gasteiger partial charge in [-0.15, -0.1) is 0 Å². The van der Waals surface area contributed by atoms with Gasteiger partial charge in [0.05, 0.1) is 6.04 Å². The van der Waals surface area contributed by atoms with E-state index in [4.69, 9.17) is 10.3 Å². The van der Waals surface area contributed by atoms with Gasteiger partial charge in [-0.3, -0.25) is 4.98 Å². The summed E-state index contributed by atoms with van der Waals surface area (Å²) >= 11 is 3.35. The summed E-state index contributed by atoms with van der Waals surface area (Å²) in [7, 11) is 0. The zero-order valence-electron chi connectivity index (χ0n) is 10.5. The Morgan fingerprint density at radius 1 is 1.33 bits per heavy atom. The lowest BCUT2D eigenvalue weighted by Gasteiger charge is -2.23. The van der Waals surface area contributed by atoms with Gasteiger partial charge in [0, 0.05) is 22.4 Å². The van der Waals surface area contributed by atoms with E-state index in [2.05, 4.69) is 31.1 Å². The molecule has 0 unspecified atom stereocenters. The van der Waals surface area contributed by atoms with Gasteiger partial charge < -0.3 is 10.3 Å². The maximum atomic E-state index is 6.07. The summed E-state index contributed by atoms with van der Waals surface area (Å²) in [6, 6.07) is 1.59. The first-order chi connectivity index (χ1) is 8.38. The molecule has 5 nitrogen and oxygen atoms in total. The van der Waals surface area contributed by atoms with Crippen LogP contribution in [0.4, 0.5) is 0 Å². The Hall–Kier alpha value is -1.27. The van der Waals surface area contributed by atoms with E-state index in [0.717, 1.165) is 10.0 Å². The van der Waals surface area contributed by atoms with Gasteiger partial charge >= 0.3 is 0 Å². The number of rotatable bonds is 2. The van der Waals surface area contributed by atoms with Gasteiger partial charge in [0.2, 0.25) is 11.7 Å². The fourth-order valence-corrected chi connectivity index (χ4v) is 1.75. The Balaban J connectivity index is 2.31. The Morgan fingerprint density at radius 3 is 2.67 bits per heavy atom. The van der Waals surface area contributed by atoms with Crippen molar-refractivity contribution in [2.75, 3.05) is 0 Å². The highest BCUT2D eigenvalue weighted by Gasteiger charge is 2.27. The zero-order valence-corrected chi connectivity index (χ0v) is 12.1. The number of hydrogen-bond acceptors (Lipinski definition) is 5. The predicted octanol–water partition coefficient (Wildman–Crippen LogP) is 2.94. The van der Waals surface area contributed by atoms with E-state index in [1.807, 2.05) is 26.8 Å². The number of hydrogen-bond donors (Lipinski definition) is 1. The van der Waals surface area contributed by atoms with E-state index >= 15 is 0 Å². The van der Waals surface area contributed by atoms with Crippen LogP contribution in [0, 0.1) is 5.41 Å². The third kappa shape index (κ3) is 2.76. The lowest BCUT2D eigenvalue weighted by molar-refractivity contribution is 0.253. The van der Waals surface area contributed by atoms with Crippen LogP contribution in [0.25, 0.3) is 11.4 Å². The van der Waals surface area contributed by atoms with Gasteiger partial charge in [-0.1, -0.05) is 25.9 Å². The highest BCUT2D eigenvalue weighted by Crippen LogP contribution is 2.30. The maximum Gasteiger partial charge on any atom is 0.244 e. The van der Waals surface area contributed by atoms with Gasteiger partial charge in [0.25, 0.3) is 0 Å². The number of halogens is 1. The average Bonchev–Trinajstić information content (AvgIpc) is 2.75. The van der Waals surface area contributed by atoms with Gasteiger partial charge in [-0.05, 0) is 27.4 Å². The van der Waals surface area contributed by atoms with Crippen LogP contribution in [0.15, 0.2) is 27.5 Å². The molecule has 0 fully saturated rings. The van der Waals surface area contributed by atoms with Crippen LogP contribution >= 0.6 is 15.9 Å². The predicted molar refractivity (Wildman–Crippen MR) is 71.6 cm³/mol. The fourth-order valence-electron chi connectivity index (χ4n) is 1.38. The highest BCUT2D eigenvalue weighted by molar-refractivity contribution is 9.10. The largest absolute Gasteiger partial charge is 0.337 e. The van der Waals surface area contributed by atoms with Crippen LogP contribution in [-0.2, 0) is 0 Å². The summed E-state index contributed by atoms with van der Waals surface area (Å²) in [5.41, 5.74) is 6.74. The van der Waals surface area contributed by atoms with Crippen molar-refractivity contribution in [1.82, 2.24) is 15.1 Å². The first kappa shape index (κ1) is 13.2. The molecule has 1 atom stereocenters. The Bertz CT molecular complexity index is 547.